The fraction of sp³-hybridized carbons (Fsp3) is 0.714. The molecule has 0 radical (unpaired) electrons. The van der Waals surface area contributed by atoms with Crippen LogP contribution in [0.1, 0.15) is 12.8 Å². The first kappa shape index (κ1) is 9.79. The van der Waals surface area contributed by atoms with Crippen molar-refractivity contribution in [2.24, 2.45) is 5.73 Å². The van der Waals surface area contributed by atoms with Crippen LogP contribution in [0.15, 0.2) is 0 Å². The molecule has 6 heteroatoms. The molecule has 0 spiro atoms. The van der Waals surface area contributed by atoms with Crippen LogP contribution in [0.5, 0.6) is 0 Å². The Hall–Kier alpha value is -1.30. The van der Waals surface area contributed by atoms with Crippen LogP contribution in [0.4, 0.5) is 4.79 Å². The Morgan fingerprint density at radius 3 is 3.00 bits per heavy atom. The fourth-order valence-corrected chi connectivity index (χ4v) is 1.05. The van der Waals surface area contributed by atoms with Crippen molar-refractivity contribution >= 4 is 12.1 Å². The van der Waals surface area contributed by atoms with Gasteiger partial charge in [0.15, 0.2) is 0 Å². The summed E-state index contributed by atoms with van der Waals surface area (Å²) in [7, 11) is 0. The van der Waals surface area contributed by atoms with Crippen LogP contribution >= 0.6 is 0 Å². The summed E-state index contributed by atoms with van der Waals surface area (Å²) >= 11 is 0. The molecule has 13 heavy (non-hydrogen) atoms. The third-order valence-corrected chi connectivity index (χ3v) is 1.68. The van der Waals surface area contributed by atoms with E-state index in [1.807, 2.05) is 0 Å². The molecule has 0 aromatic heterocycles. The molecule has 74 valence electrons. The number of amides is 1. The van der Waals surface area contributed by atoms with E-state index in [4.69, 9.17) is 10.5 Å². The lowest BCUT2D eigenvalue weighted by Gasteiger charge is -2.21. The van der Waals surface area contributed by atoms with Gasteiger partial charge in [0, 0.05) is 6.42 Å². The Balaban J connectivity index is 2.22. The summed E-state index contributed by atoms with van der Waals surface area (Å²) in [5, 5.41) is 2.58. The van der Waals surface area contributed by atoms with Crippen LogP contribution in [-0.4, -0.2) is 31.4 Å². The topological polar surface area (TPSA) is 90.7 Å². The number of carbonyl (C=O) groups is 2. The van der Waals surface area contributed by atoms with Crippen molar-refractivity contribution in [1.82, 2.24) is 5.32 Å². The molecule has 1 heterocycles. The Morgan fingerprint density at radius 2 is 2.46 bits per heavy atom. The van der Waals surface area contributed by atoms with Crippen molar-refractivity contribution in [3.8, 4) is 0 Å². The number of rotatable bonds is 2. The van der Waals surface area contributed by atoms with Crippen molar-refractivity contribution in [2.45, 2.75) is 18.9 Å². The lowest BCUT2D eigenvalue weighted by atomic mass is 10.1. The first-order valence-electron chi connectivity index (χ1n) is 4.02. The minimum atomic E-state index is -0.788. The van der Waals surface area contributed by atoms with Crippen LogP contribution in [0, 0.1) is 0 Å². The normalized spacial score (nSPS) is 21.9. The largest absolute Gasteiger partial charge is 0.509 e. The fourth-order valence-electron chi connectivity index (χ4n) is 1.05. The molecule has 0 aliphatic carbocycles. The van der Waals surface area contributed by atoms with E-state index in [-0.39, 0.29) is 18.7 Å². The van der Waals surface area contributed by atoms with Crippen molar-refractivity contribution in [3.63, 3.8) is 0 Å². The molecule has 1 atom stereocenters. The van der Waals surface area contributed by atoms with Gasteiger partial charge >= 0.3 is 6.16 Å². The van der Waals surface area contributed by atoms with Gasteiger partial charge in [-0.1, -0.05) is 0 Å². The molecular weight excluding hydrogens is 176 g/mol. The maximum Gasteiger partial charge on any atom is 0.509 e. The van der Waals surface area contributed by atoms with Gasteiger partial charge in [-0.05, 0) is 6.42 Å². The molecule has 1 amide bonds. The quantitative estimate of drug-likeness (QED) is 0.443. The van der Waals surface area contributed by atoms with E-state index >= 15 is 0 Å². The monoisotopic (exact) mass is 188 g/mol. The SMILES string of the molecule is NCOC(=O)O[C@@H]1CCC(=O)NC1. The maximum atomic E-state index is 10.8. The van der Waals surface area contributed by atoms with Gasteiger partial charge in [-0.15, -0.1) is 0 Å². The number of piperidine rings is 1. The lowest BCUT2D eigenvalue weighted by molar-refractivity contribution is -0.124. The van der Waals surface area contributed by atoms with Gasteiger partial charge in [-0.25, -0.2) is 4.79 Å². The lowest BCUT2D eigenvalue weighted by Crippen LogP contribution is -2.40. The van der Waals surface area contributed by atoms with Crippen LogP contribution in [0.3, 0.4) is 0 Å². The Labute approximate surface area is 75.4 Å². The first-order valence-corrected chi connectivity index (χ1v) is 4.02. The highest BCUT2D eigenvalue weighted by molar-refractivity contribution is 5.76. The van der Waals surface area contributed by atoms with Gasteiger partial charge in [-0.3, -0.25) is 10.5 Å². The molecule has 1 fully saturated rings. The van der Waals surface area contributed by atoms with Crippen molar-refractivity contribution < 1.29 is 19.1 Å². The molecule has 0 aromatic carbocycles. The van der Waals surface area contributed by atoms with Crippen LogP contribution < -0.4 is 11.1 Å². The van der Waals surface area contributed by atoms with Gasteiger partial charge in [0.1, 0.15) is 12.8 Å². The smallest absolute Gasteiger partial charge is 0.429 e. The zero-order valence-electron chi connectivity index (χ0n) is 7.12. The summed E-state index contributed by atoms with van der Waals surface area (Å²) in [6, 6.07) is 0. The van der Waals surface area contributed by atoms with Crippen LogP contribution in [0.25, 0.3) is 0 Å². The molecule has 1 rings (SSSR count). The Bertz CT molecular complexity index is 197. The molecule has 0 bridgehead atoms. The second kappa shape index (κ2) is 4.66. The summed E-state index contributed by atoms with van der Waals surface area (Å²) < 4.78 is 9.20. The summed E-state index contributed by atoms with van der Waals surface area (Å²) in [6.07, 6.45) is -0.174. The van der Waals surface area contributed by atoms with Gasteiger partial charge in [-0.2, -0.15) is 0 Å². The number of carbonyl (C=O) groups excluding carboxylic acids is 2. The molecule has 1 aliphatic heterocycles. The van der Waals surface area contributed by atoms with E-state index in [2.05, 4.69) is 10.1 Å². The molecule has 0 aromatic rings. The number of nitrogens with two attached hydrogens (primary N) is 1. The van der Waals surface area contributed by atoms with E-state index < -0.39 is 6.16 Å². The van der Waals surface area contributed by atoms with Crippen molar-refractivity contribution in [3.05, 3.63) is 0 Å². The number of nitrogens with one attached hydrogen (secondary N) is 1. The Kier molecular flexibility index (Phi) is 3.51. The molecule has 1 aliphatic rings. The van der Waals surface area contributed by atoms with Gasteiger partial charge in [0.05, 0.1) is 6.54 Å². The van der Waals surface area contributed by atoms with E-state index in [1.54, 1.807) is 0 Å². The van der Waals surface area contributed by atoms with E-state index in [1.165, 1.54) is 0 Å². The highest BCUT2D eigenvalue weighted by Crippen LogP contribution is 2.07. The molecular formula is C7H12N2O4. The van der Waals surface area contributed by atoms with Crippen molar-refractivity contribution in [2.75, 3.05) is 13.3 Å². The summed E-state index contributed by atoms with van der Waals surface area (Å²) in [4.78, 5) is 21.5. The molecule has 1 saturated heterocycles. The highest BCUT2D eigenvalue weighted by Gasteiger charge is 2.21. The second-order valence-corrected chi connectivity index (χ2v) is 2.64. The third-order valence-electron chi connectivity index (χ3n) is 1.68. The van der Waals surface area contributed by atoms with Crippen molar-refractivity contribution in [1.29, 1.82) is 0 Å². The predicted octanol–water partition coefficient (Wildman–Crippen LogP) is -0.666. The predicted molar refractivity (Wildman–Crippen MR) is 42.7 cm³/mol. The third kappa shape index (κ3) is 3.29. The molecule has 6 nitrogen and oxygen atoms in total. The minimum Gasteiger partial charge on any atom is -0.429 e. The zero-order chi connectivity index (χ0) is 9.68. The van der Waals surface area contributed by atoms with Gasteiger partial charge < -0.3 is 14.8 Å². The highest BCUT2D eigenvalue weighted by atomic mass is 16.7. The second-order valence-electron chi connectivity index (χ2n) is 2.64. The average molecular weight is 188 g/mol. The van der Waals surface area contributed by atoms with Crippen LogP contribution in [0.2, 0.25) is 0 Å². The van der Waals surface area contributed by atoms with E-state index in [0.717, 1.165) is 0 Å². The number of ether oxygens (including phenoxy) is 2. The summed E-state index contributed by atoms with van der Waals surface area (Å²) in [6.45, 7) is 0.149. The average Bonchev–Trinajstić information content (AvgIpc) is 2.09. The van der Waals surface area contributed by atoms with Gasteiger partial charge in [0.2, 0.25) is 5.91 Å². The number of hydrogen-bond acceptors (Lipinski definition) is 5. The molecule has 3 N–H and O–H groups in total. The van der Waals surface area contributed by atoms with Gasteiger partial charge in [0.25, 0.3) is 0 Å². The van der Waals surface area contributed by atoms with Crippen LogP contribution in [-0.2, 0) is 14.3 Å². The molecule has 0 saturated carbocycles. The van der Waals surface area contributed by atoms with E-state index in [0.29, 0.717) is 19.4 Å². The summed E-state index contributed by atoms with van der Waals surface area (Å²) in [5.74, 6) is -0.0213. The first-order chi connectivity index (χ1) is 6.22. The maximum absolute atomic E-state index is 10.8. The molecule has 0 unspecified atom stereocenters. The number of hydrogen-bond donors (Lipinski definition) is 2. The minimum absolute atomic E-state index is 0.0213. The Morgan fingerprint density at radius 1 is 1.69 bits per heavy atom. The zero-order valence-corrected chi connectivity index (χ0v) is 7.12. The standard InChI is InChI=1S/C7H12N2O4/c8-4-12-7(11)13-5-1-2-6(10)9-3-5/h5H,1-4,8H2,(H,9,10)/t5-/m1/s1. The summed E-state index contributed by atoms with van der Waals surface area (Å²) in [5.41, 5.74) is 4.96. The van der Waals surface area contributed by atoms with E-state index in [9.17, 15) is 9.59 Å².